The SMILES string of the molecule is CCOc1cc(C=Nn2c(C)nc3ccc(Br)cc3c2=O)cc([N+](=O)[O-])c1O[C@H](C)C(=O)OC. The van der Waals surface area contributed by atoms with Gasteiger partial charge in [-0.25, -0.2) is 9.78 Å². The van der Waals surface area contributed by atoms with Gasteiger partial charge in [0.25, 0.3) is 5.56 Å². The maximum Gasteiger partial charge on any atom is 0.346 e. The van der Waals surface area contributed by atoms with E-state index in [9.17, 15) is 19.7 Å². The van der Waals surface area contributed by atoms with Crippen LogP contribution in [-0.2, 0) is 9.53 Å². The topological polar surface area (TPSA) is 135 Å². The first-order valence-electron chi connectivity index (χ1n) is 10.1. The minimum absolute atomic E-state index is 0.0403. The van der Waals surface area contributed by atoms with Gasteiger partial charge in [-0.1, -0.05) is 15.9 Å². The maximum absolute atomic E-state index is 12.9. The van der Waals surface area contributed by atoms with Crippen LogP contribution in [0.5, 0.6) is 11.5 Å². The number of nitro benzene ring substituents is 1. The van der Waals surface area contributed by atoms with E-state index in [0.717, 1.165) is 4.68 Å². The molecule has 3 aromatic rings. The monoisotopic (exact) mass is 532 g/mol. The van der Waals surface area contributed by atoms with Crippen LogP contribution in [0.1, 0.15) is 25.2 Å². The minimum Gasteiger partial charge on any atom is -0.490 e. The number of aryl methyl sites for hydroxylation is 1. The molecule has 0 aliphatic heterocycles. The number of hydrogen-bond donors (Lipinski definition) is 0. The quantitative estimate of drug-likeness (QED) is 0.186. The molecule has 0 saturated heterocycles. The van der Waals surface area contributed by atoms with Crippen LogP contribution in [0, 0.1) is 17.0 Å². The highest BCUT2D eigenvalue weighted by molar-refractivity contribution is 9.10. The third kappa shape index (κ3) is 5.22. The molecule has 3 rings (SSSR count). The van der Waals surface area contributed by atoms with Gasteiger partial charge in [0, 0.05) is 16.1 Å². The van der Waals surface area contributed by atoms with E-state index in [2.05, 4.69) is 30.8 Å². The number of benzene rings is 2. The van der Waals surface area contributed by atoms with Crippen molar-refractivity contribution < 1.29 is 23.9 Å². The molecule has 0 aliphatic carbocycles. The van der Waals surface area contributed by atoms with E-state index in [0.29, 0.717) is 21.2 Å². The summed E-state index contributed by atoms with van der Waals surface area (Å²) in [7, 11) is 1.18. The number of rotatable bonds is 8. The Kier molecular flexibility index (Phi) is 7.61. The van der Waals surface area contributed by atoms with E-state index in [1.165, 1.54) is 32.4 Å². The molecule has 34 heavy (non-hydrogen) atoms. The van der Waals surface area contributed by atoms with Crippen LogP contribution in [0.25, 0.3) is 10.9 Å². The Morgan fingerprint density at radius 3 is 2.74 bits per heavy atom. The molecule has 12 heteroatoms. The van der Waals surface area contributed by atoms with Gasteiger partial charge >= 0.3 is 11.7 Å². The highest BCUT2D eigenvalue weighted by atomic mass is 79.9. The number of ether oxygens (including phenoxy) is 3. The van der Waals surface area contributed by atoms with Crippen molar-refractivity contribution in [3.05, 3.63) is 66.7 Å². The number of nitro groups is 1. The summed E-state index contributed by atoms with van der Waals surface area (Å²) in [4.78, 5) is 40.2. The molecule has 178 valence electrons. The van der Waals surface area contributed by atoms with Gasteiger partial charge in [0.1, 0.15) is 5.82 Å². The second-order valence-corrected chi connectivity index (χ2v) is 7.94. The predicted molar refractivity (Wildman–Crippen MR) is 128 cm³/mol. The van der Waals surface area contributed by atoms with Gasteiger partial charge < -0.3 is 14.2 Å². The van der Waals surface area contributed by atoms with E-state index in [1.54, 1.807) is 32.0 Å². The molecule has 11 nitrogen and oxygen atoms in total. The molecule has 0 radical (unpaired) electrons. The number of hydrogen-bond acceptors (Lipinski definition) is 9. The first-order chi connectivity index (χ1) is 16.2. The van der Waals surface area contributed by atoms with Crippen molar-refractivity contribution in [1.29, 1.82) is 0 Å². The van der Waals surface area contributed by atoms with Crippen molar-refractivity contribution in [2.24, 2.45) is 5.10 Å². The smallest absolute Gasteiger partial charge is 0.346 e. The summed E-state index contributed by atoms with van der Waals surface area (Å²) in [6.45, 7) is 4.91. The van der Waals surface area contributed by atoms with Crippen molar-refractivity contribution in [1.82, 2.24) is 9.66 Å². The molecule has 1 heterocycles. The fraction of sp³-hybridized carbons (Fsp3) is 0.273. The summed E-state index contributed by atoms with van der Waals surface area (Å²) in [6.07, 6.45) is 0.176. The van der Waals surface area contributed by atoms with Crippen LogP contribution in [0.3, 0.4) is 0 Å². The number of esters is 1. The summed E-state index contributed by atoms with van der Waals surface area (Å²) in [5.74, 6) is -0.541. The zero-order valence-electron chi connectivity index (χ0n) is 18.8. The average molecular weight is 533 g/mol. The number of nitrogens with zero attached hydrogens (tertiary/aromatic N) is 4. The fourth-order valence-electron chi connectivity index (χ4n) is 3.11. The summed E-state index contributed by atoms with van der Waals surface area (Å²) in [6, 6.07) is 7.80. The Morgan fingerprint density at radius 1 is 1.35 bits per heavy atom. The van der Waals surface area contributed by atoms with Gasteiger partial charge in [0.05, 0.1) is 35.8 Å². The zero-order valence-corrected chi connectivity index (χ0v) is 20.4. The second-order valence-electron chi connectivity index (χ2n) is 7.02. The lowest BCUT2D eigenvalue weighted by Crippen LogP contribution is -2.25. The Morgan fingerprint density at radius 2 is 2.09 bits per heavy atom. The lowest BCUT2D eigenvalue weighted by Gasteiger charge is -2.16. The second kappa shape index (κ2) is 10.4. The van der Waals surface area contributed by atoms with Crippen molar-refractivity contribution >= 4 is 44.7 Å². The van der Waals surface area contributed by atoms with Crippen LogP contribution < -0.4 is 15.0 Å². The van der Waals surface area contributed by atoms with Crippen molar-refractivity contribution in [2.75, 3.05) is 13.7 Å². The molecule has 1 atom stereocenters. The molecule has 1 aromatic heterocycles. The highest BCUT2D eigenvalue weighted by Gasteiger charge is 2.27. The molecule has 0 saturated carbocycles. The van der Waals surface area contributed by atoms with Crippen LogP contribution in [-0.4, -0.2) is 46.6 Å². The maximum atomic E-state index is 12.9. The van der Waals surface area contributed by atoms with E-state index >= 15 is 0 Å². The number of fused-ring (bicyclic) bond motifs is 1. The average Bonchev–Trinajstić information content (AvgIpc) is 2.80. The van der Waals surface area contributed by atoms with Gasteiger partial charge in [-0.3, -0.25) is 14.9 Å². The van der Waals surface area contributed by atoms with E-state index < -0.39 is 28.2 Å². The number of aromatic nitrogens is 2. The first-order valence-corrected chi connectivity index (χ1v) is 10.9. The summed E-state index contributed by atoms with van der Waals surface area (Å²) in [5.41, 5.74) is -0.0410. The molecule has 0 spiro atoms. The highest BCUT2D eigenvalue weighted by Crippen LogP contribution is 2.39. The molecule has 0 aliphatic rings. The molecule has 0 N–H and O–H groups in total. The van der Waals surface area contributed by atoms with E-state index in [4.69, 9.17) is 9.47 Å². The molecule has 0 unspecified atom stereocenters. The third-order valence-corrected chi connectivity index (χ3v) is 5.17. The predicted octanol–water partition coefficient (Wildman–Crippen LogP) is 3.60. The lowest BCUT2D eigenvalue weighted by molar-refractivity contribution is -0.386. The summed E-state index contributed by atoms with van der Waals surface area (Å²) in [5, 5.41) is 16.3. The van der Waals surface area contributed by atoms with E-state index in [-0.39, 0.29) is 23.7 Å². The molecule has 0 amide bonds. The largest absolute Gasteiger partial charge is 0.490 e. The lowest BCUT2D eigenvalue weighted by atomic mass is 10.1. The van der Waals surface area contributed by atoms with Gasteiger partial charge in [-0.15, -0.1) is 0 Å². The summed E-state index contributed by atoms with van der Waals surface area (Å²) < 4.78 is 17.5. The third-order valence-electron chi connectivity index (χ3n) is 4.67. The van der Waals surface area contributed by atoms with Crippen molar-refractivity contribution in [3.63, 3.8) is 0 Å². The number of halogens is 1. The van der Waals surface area contributed by atoms with Gasteiger partial charge in [-0.2, -0.15) is 9.78 Å². The number of methoxy groups -OCH3 is 1. The first kappa shape index (κ1) is 24.8. The standard InChI is InChI=1S/C22H21BrN4O7/c1-5-33-19-9-14(8-18(27(30)31)20(19)34-12(2)22(29)32-4)11-24-26-13(3)25-17-7-6-15(23)10-16(17)21(26)28/h6-12H,5H2,1-4H3/t12-/m1/s1. The molecular formula is C22H21BrN4O7. The number of carbonyl (C=O) groups excluding carboxylic acids is 1. The Balaban J connectivity index is 2.09. The number of carbonyl (C=O) groups is 1. The summed E-state index contributed by atoms with van der Waals surface area (Å²) >= 11 is 3.33. The normalized spacial score (nSPS) is 12.0. The van der Waals surface area contributed by atoms with Crippen LogP contribution in [0.4, 0.5) is 5.69 Å². The molecular weight excluding hydrogens is 512 g/mol. The van der Waals surface area contributed by atoms with Gasteiger partial charge in [0.2, 0.25) is 5.75 Å². The van der Waals surface area contributed by atoms with Crippen LogP contribution in [0.2, 0.25) is 0 Å². The Bertz CT molecular complexity index is 1350. The van der Waals surface area contributed by atoms with Crippen molar-refractivity contribution in [2.45, 2.75) is 26.9 Å². The molecule has 0 fully saturated rings. The zero-order chi connectivity index (χ0) is 25.0. The fourth-order valence-corrected chi connectivity index (χ4v) is 3.47. The van der Waals surface area contributed by atoms with Crippen LogP contribution in [0.15, 0.2) is 44.7 Å². The molecule has 0 bridgehead atoms. The van der Waals surface area contributed by atoms with Crippen LogP contribution >= 0.6 is 15.9 Å². The van der Waals surface area contributed by atoms with E-state index in [1.807, 2.05) is 0 Å². The van der Waals surface area contributed by atoms with Gasteiger partial charge in [-0.05, 0) is 45.0 Å². The molecule has 2 aromatic carbocycles. The van der Waals surface area contributed by atoms with Crippen molar-refractivity contribution in [3.8, 4) is 11.5 Å². The Hall–Kier alpha value is -3.80. The minimum atomic E-state index is -1.10. The van der Waals surface area contributed by atoms with Gasteiger partial charge in [0.15, 0.2) is 11.9 Å². The Labute approximate surface area is 202 Å².